The van der Waals surface area contributed by atoms with Gasteiger partial charge >= 0.3 is 0 Å². The smallest absolute Gasteiger partial charge is 0.0363 e. The summed E-state index contributed by atoms with van der Waals surface area (Å²) in [4.78, 5) is 2.32. The highest BCUT2D eigenvalue weighted by Crippen LogP contribution is 2.16. The lowest BCUT2D eigenvalue weighted by molar-refractivity contribution is 0.483. The van der Waals surface area contributed by atoms with E-state index < -0.39 is 0 Å². The van der Waals surface area contributed by atoms with Crippen LogP contribution in [0.4, 0.5) is 5.69 Å². The van der Waals surface area contributed by atoms with Crippen LogP contribution in [0.3, 0.4) is 0 Å². The minimum absolute atomic E-state index is 0.660. The average molecular weight is 234 g/mol. The molecule has 2 heteroatoms. The second-order valence-electron chi connectivity index (χ2n) is 4.74. The standard InChI is InChI=1S/C15H26N2/c1-4-13-6-8-15(9-7-13)17(3)11-10-14(5-2)12-16/h6-9,14H,4-5,10-12,16H2,1-3H3. The van der Waals surface area contributed by atoms with Crippen molar-refractivity contribution in [3.8, 4) is 0 Å². The lowest BCUT2D eigenvalue weighted by Gasteiger charge is -2.22. The molecule has 0 aliphatic heterocycles. The minimum atomic E-state index is 0.660. The lowest BCUT2D eigenvalue weighted by atomic mass is 10.0. The largest absolute Gasteiger partial charge is 0.375 e. The maximum atomic E-state index is 5.73. The summed E-state index contributed by atoms with van der Waals surface area (Å²) in [6, 6.07) is 8.85. The zero-order valence-electron chi connectivity index (χ0n) is 11.4. The van der Waals surface area contributed by atoms with Crippen molar-refractivity contribution in [2.24, 2.45) is 11.7 Å². The van der Waals surface area contributed by atoms with Gasteiger partial charge in [-0.3, -0.25) is 0 Å². The van der Waals surface area contributed by atoms with E-state index in [1.807, 2.05) is 0 Å². The Balaban J connectivity index is 2.48. The van der Waals surface area contributed by atoms with E-state index in [9.17, 15) is 0 Å². The van der Waals surface area contributed by atoms with E-state index in [1.54, 1.807) is 0 Å². The third-order valence-electron chi connectivity index (χ3n) is 3.57. The molecule has 0 amide bonds. The molecular weight excluding hydrogens is 208 g/mol. The van der Waals surface area contributed by atoms with Crippen molar-refractivity contribution in [1.29, 1.82) is 0 Å². The Morgan fingerprint density at radius 1 is 1.18 bits per heavy atom. The van der Waals surface area contributed by atoms with Crippen LogP contribution < -0.4 is 10.6 Å². The summed E-state index contributed by atoms with van der Waals surface area (Å²) in [5.41, 5.74) is 8.43. The molecule has 0 bridgehead atoms. The highest BCUT2D eigenvalue weighted by molar-refractivity contribution is 5.46. The van der Waals surface area contributed by atoms with Gasteiger partial charge in [0.15, 0.2) is 0 Å². The molecule has 2 nitrogen and oxygen atoms in total. The molecule has 0 heterocycles. The molecule has 0 aliphatic carbocycles. The predicted octanol–water partition coefficient (Wildman–Crippen LogP) is 3.06. The molecule has 1 unspecified atom stereocenters. The van der Waals surface area contributed by atoms with Crippen molar-refractivity contribution >= 4 is 5.69 Å². The zero-order valence-corrected chi connectivity index (χ0v) is 11.4. The van der Waals surface area contributed by atoms with Crippen LogP contribution in [0, 0.1) is 5.92 Å². The van der Waals surface area contributed by atoms with Crippen LogP contribution in [0.5, 0.6) is 0 Å². The Morgan fingerprint density at radius 3 is 2.29 bits per heavy atom. The summed E-state index contributed by atoms with van der Waals surface area (Å²) in [6.45, 7) is 6.29. The minimum Gasteiger partial charge on any atom is -0.375 e. The first-order valence-electron chi connectivity index (χ1n) is 6.71. The molecule has 1 aromatic carbocycles. The van der Waals surface area contributed by atoms with Crippen LogP contribution in [0.1, 0.15) is 32.3 Å². The monoisotopic (exact) mass is 234 g/mol. The molecule has 2 N–H and O–H groups in total. The normalized spacial score (nSPS) is 12.5. The van der Waals surface area contributed by atoms with Crippen molar-refractivity contribution in [2.75, 3.05) is 25.0 Å². The summed E-state index contributed by atoms with van der Waals surface area (Å²) in [5.74, 6) is 0.660. The van der Waals surface area contributed by atoms with Gasteiger partial charge in [0.1, 0.15) is 0 Å². The molecule has 17 heavy (non-hydrogen) atoms. The highest BCUT2D eigenvalue weighted by atomic mass is 15.1. The number of nitrogens with zero attached hydrogens (tertiary/aromatic N) is 1. The fourth-order valence-electron chi connectivity index (χ4n) is 1.98. The number of anilines is 1. The third kappa shape index (κ3) is 4.39. The maximum Gasteiger partial charge on any atom is 0.0363 e. The Kier molecular flexibility index (Phi) is 6.06. The molecule has 96 valence electrons. The van der Waals surface area contributed by atoms with Crippen LogP contribution in [-0.4, -0.2) is 20.1 Å². The van der Waals surface area contributed by atoms with Crippen molar-refractivity contribution < 1.29 is 0 Å². The number of aryl methyl sites for hydroxylation is 1. The number of benzene rings is 1. The number of rotatable bonds is 7. The second kappa shape index (κ2) is 7.33. The van der Waals surface area contributed by atoms with Crippen molar-refractivity contribution in [3.05, 3.63) is 29.8 Å². The van der Waals surface area contributed by atoms with Gasteiger partial charge in [-0.05, 0) is 43.0 Å². The van der Waals surface area contributed by atoms with E-state index in [2.05, 4.69) is 50.1 Å². The van der Waals surface area contributed by atoms with Gasteiger partial charge < -0.3 is 10.6 Å². The zero-order chi connectivity index (χ0) is 12.7. The Morgan fingerprint density at radius 2 is 1.82 bits per heavy atom. The highest BCUT2D eigenvalue weighted by Gasteiger charge is 2.06. The molecule has 0 saturated heterocycles. The molecule has 0 aromatic heterocycles. The average Bonchev–Trinajstić information content (AvgIpc) is 2.39. The Hall–Kier alpha value is -1.02. The molecule has 0 saturated carbocycles. The van der Waals surface area contributed by atoms with E-state index in [0.29, 0.717) is 5.92 Å². The van der Waals surface area contributed by atoms with Crippen molar-refractivity contribution in [1.82, 2.24) is 0 Å². The molecular formula is C15H26N2. The van der Waals surface area contributed by atoms with Crippen LogP contribution in [-0.2, 0) is 6.42 Å². The second-order valence-corrected chi connectivity index (χ2v) is 4.74. The Labute approximate surface area is 106 Å². The molecule has 0 fully saturated rings. The van der Waals surface area contributed by atoms with Crippen LogP contribution >= 0.6 is 0 Å². The van der Waals surface area contributed by atoms with Gasteiger partial charge in [-0.1, -0.05) is 32.4 Å². The molecule has 0 spiro atoms. The Bertz CT molecular complexity index is 301. The maximum absolute atomic E-state index is 5.73. The topological polar surface area (TPSA) is 29.3 Å². The van der Waals surface area contributed by atoms with Gasteiger partial charge in [-0.25, -0.2) is 0 Å². The number of hydrogen-bond donors (Lipinski definition) is 1. The van der Waals surface area contributed by atoms with Gasteiger partial charge in [-0.2, -0.15) is 0 Å². The lowest BCUT2D eigenvalue weighted by Crippen LogP contribution is -2.23. The molecule has 0 radical (unpaired) electrons. The van der Waals surface area contributed by atoms with Crippen molar-refractivity contribution in [3.63, 3.8) is 0 Å². The van der Waals surface area contributed by atoms with Gasteiger partial charge in [0.25, 0.3) is 0 Å². The van der Waals surface area contributed by atoms with Gasteiger partial charge in [0.05, 0.1) is 0 Å². The van der Waals surface area contributed by atoms with E-state index in [0.717, 1.165) is 19.5 Å². The molecule has 1 aromatic rings. The van der Waals surface area contributed by atoms with Crippen molar-refractivity contribution in [2.45, 2.75) is 33.1 Å². The van der Waals surface area contributed by atoms with E-state index in [-0.39, 0.29) is 0 Å². The summed E-state index contributed by atoms with van der Waals surface area (Å²) in [6.07, 6.45) is 3.47. The quantitative estimate of drug-likeness (QED) is 0.785. The van der Waals surface area contributed by atoms with Crippen LogP contribution in [0.2, 0.25) is 0 Å². The van der Waals surface area contributed by atoms with Crippen LogP contribution in [0.25, 0.3) is 0 Å². The number of nitrogens with two attached hydrogens (primary N) is 1. The van der Waals surface area contributed by atoms with Gasteiger partial charge in [0, 0.05) is 19.3 Å². The summed E-state index contributed by atoms with van der Waals surface area (Å²) in [5, 5.41) is 0. The first-order chi connectivity index (χ1) is 8.21. The fraction of sp³-hybridized carbons (Fsp3) is 0.600. The first kappa shape index (κ1) is 14.0. The SMILES string of the molecule is CCc1ccc(N(C)CCC(CC)CN)cc1. The van der Waals surface area contributed by atoms with Gasteiger partial charge in [0.2, 0.25) is 0 Å². The summed E-state index contributed by atoms with van der Waals surface area (Å²) < 4.78 is 0. The summed E-state index contributed by atoms with van der Waals surface area (Å²) >= 11 is 0. The molecule has 0 aliphatic rings. The molecule has 1 rings (SSSR count). The third-order valence-corrected chi connectivity index (χ3v) is 3.57. The van der Waals surface area contributed by atoms with E-state index in [1.165, 1.54) is 24.1 Å². The van der Waals surface area contributed by atoms with E-state index >= 15 is 0 Å². The van der Waals surface area contributed by atoms with E-state index in [4.69, 9.17) is 5.73 Å². The predicted molar refractivity (Wildman–Crippen MR) is 76.5 cm³/mol. The summed E-state index contributed by atoms with van der Waals surface area (Å²) in [7, 11) is 2.16. The van der Waals surface area contributed by atoms with Gasteiger partial charge in [-0.15, -0.1) is 0 Å². The first-order valence-corrected chi connectivity index (χ1v) is 6.71. The number of hydrogen-bond acceptors (Lipinski definition) is 2. The molecule has 1 atom stereocenters. The fourth-order valence-corrected chi connectivity index (χ4v) is 1.98. The van der Waals surface area contributed by atoms with Crippen LogP contribution in [0.15, 0.2) is 24.3 Å².